The van der Waals surface area contributed by atoms with Crippen LogP contribution in [0.15, 0.2) is 36.4 Å². The second kappa shape index (κ2) is 10.0. The van der Waals surface area contributed by atoms with E-state index in [2.05, 4.69) is 19.2 Å². The quantitative estimate of drug-likeness (QED) is 0.482. The Balaban J connectivity index is 2.46. The van der Waals surface area contributed by atoms with Gasteiger partial charge in [-0.3, -0.25) is 4.79 Å². The Morgan fingerprint density at radius 1 is 1.17 bits per heavy atom. The van der Waals surface area contributed by atoms with Crippen LogP contribution in [0.2, 0.25) is 0 Å². The molecular formula is C22H25NO5S. The van der Waals surface area contributed by atoms with E-state index in [1.807, 2.05) is 31.2 Å². The van der Waals surface area contributed by atoms with E-state index in [0.717, 1.165) is 29.0 Å². The molecule has 2 aromatic rings. The average molecular weight is 416 g/mol. The van der Waals surface area contributed by atoms with Gasteiger partial charge in [-0.25, -0.2) is 9.59 Å². The van der Waals surface area contributed by atoms with Crippen LogP contribution in [-0.2, 0) is 20.7 Å². The van der Waals surface area contributed by atoms with E-state index in [1.54, 1.807) is 6.92 Å². The Hall–Kier alpha value is -2.93. The van der Waals surface area contributed by atoms with Gasteiger partial charge in [0.05, 0.1) is 6.61 Å². The summed E-state index contributed by atoms with van der Waals surface area (Å²) in [5, 5.41) is 11.6. The maximum absolute atomic E-state index is 12.7. The molecule has 0 aliphatic rings. The number of aryl methyl sites for hydroxylation is 1. The van der Waals surface area contributed by atoms with E-state index in [-0.39, 0.29) is 12.2 Å². The molecule has 1 amide bonds. The van der Waals surface area contributed by atoms with Gasteiger partial charge in [-0.1, -0.05) is 38.1 Å². The topological polar surface area (TPSA) is 92.7 Å². The first-order chi connectivity index (χ1) is 13.7. The third-order valence-corrected chi connectivity index (χ3v) is 5.09. The number of anilines is 1. The van der Waals surface area contributed by atoms with Crippen molar-refractivity contribution in [3.8, 4) is 11.1 Å². The standard InChI is InChI=1S/C22H25NO5S/c1-5-28-22(27)20-19(16-8-6-15(7-9-16)12-13(2)3)14(4)29-21(20)23-17(24)10-11-18(25)26/h6-11,13H,5,12H2,1-4H3,(H,23,24)(H,25,26). The van der Waals surface area contributed by atoms with Crippen molar-refractivity contribution in [2.24, 2.45) is 5.92 Å². The Labute approximate surface area is 174 Å². The molecule has 0 saturated heterocycles. The number of esters is 1. The Bertz CT molecular complexity index is 925. The smallest absolute Gasteiger partial charge is 0.341 e. The summed E-state index contributed by atoms with van der Waals surface area (Å²) in [6.45, 7) is 8.10. The fourth-order valence-electron chi connectivity index (χ4n) is 2.96. The molecule has 0 saturated carbocycles. The van der Waals surface area contributed by atoms with Crippen LogP contribution in [0.25, 0.3) is 11.1 Å². The highest BCUT2D eigenvalue weighted by Gasteiger charge is 2.25. The summed E-state index contributed by atoms with van der Waals surface area (Å²) < 4.78 is 5.20. The lowest BCUT2D eigenvalue weighted by Gasteiger charge is -2.10. The maximum atomic E-state index is 12.7. The highest BCUT2D eigenvalue weighted by molar-refractivity contribution is 7.17. The molecule has 0 fully saturated rings. The van der Waals surface area contributed by atoms with Gasteiger partial charge >= 0.3 is 11.9 Å². The van der Waals surface area contributed by atoms with Crippen molar-refractivity contribution in [2.45, 2.75) is 34.1 Å². The van der Waals surface area contributed by atoms with Crippen LogP contribution in [-0.4, -0.2) is 29.6 Å². The van der Waals surface area contributed by atoms with Crippen LogP contribution in [0.3, 0.4) is 0 Å². The van der Waals surface area contributed by atoms with E-state index in [0.29, 0.717) is 16.5 Å². The highest BCUT2D eigenvalue weighted by Crippen LogP contribution is 2.40. The van der Waals surface area contributed by atoms with Crippen LogP contribution < -0.4 is 5.32 Å². The van der Waals surface area contributed by atoms with Gasteiger partial charge in [-0.2, -0.15) is 0 Å². The number of hydrogen-bond donors (Lipinski definition) is 2. The Kier molecular flexibility index (Phi) is 7.73. The fraction of sp³-hybridized carbons (Fsp3) is 0.318. The zero-order chi connectivity index (χ0) is 21.6. The zero-order valence-corrected chi connectivity index (χ0v) is 17.8. The second-order valence-electron chi connectivity index (χ2n) is 6.91. The normalized spacial score (nSPS) is 11.1. The van der Waals surface area contributed by atoms with Crippen LogP contribution in [0.4, 0.5) is 5.00 Å². The van der Waals surface area contributed by atoms with Gasteiger partial charge in [0.2, 0.25) is 5.91 Å². The first kappa shape index (κ1) is 22.4. The summed E-state index contributed by atoms with van der Waals surface area (Å²) >= 11 is 1.25. The summed E-state index contributed by atoms with van der Waals surface area (Å²) in [5.74, 6) is -1.84. The maximum Gasteiger partial charge on any atom is 0.341 e. The Morgan fingerprint density at radius 3 is 2.38 bits per heavy atom. The van der Waals surface area contributed by atoms with Crippen LogP contribution in [0, 0.1) is 12.8 Å². The predicted molar refractivity (Wildman–Crippen MR) is 114 cm³/mol. The minimum atomic E-state index is -1.23. The number of amides is 1. The summed E-state index contributed by atoms with van der Waals surface area (Å²) in [6, 6.07) is 8.00. The van der Waals surface area contributed by atoms with Crippen molar-refractivity contribution in [3.63, 3.8) is 0 Å². The van der Waals surface area contributed by atoms with Gasteiger partial charge in [-0.05, 0) is 37.3 Å². The number of carboxylic acids is 1. The summed E-state index contributed by atoms with van der Waals surface area (Å²) in [4.78, 5) is 36.2. The second-order valence-corrected chi connectivity index (χ2v) is 8.14. The summed E-state index contributed by atoms with van der Waals surface area (Å²) in [5.41, 5.74) is 3.06. The lowest BCUT2D eigenvalue weighted by molar-refractivity contribution is -0.131. The summed E-state index contributed by atoms with van der Waals surface area (Å²) in [6.07, 6.45) is 2.62. The molecule has 6 nitrogen and oxygen atoms in total. The molecule has 2 N–H and O–H groups in total. The number of aliphatic carboxylic acids is 1. The molecule has 7 heteroatoms. The van der Waals surface area contributed by atoms with Crippen LogP contribution in [0.1, 0.15) is 41.6 Å². The number of carboxylic acid groups (broad SMARTS) is 1. The predicted octanol–water partition coefficient (Wildman–Crippen LogP) is 4.68. The molecular weight excluding hydrogens is 390 g/mol. The first-order valence-electron chi connectivity index (χ1n) is 9.34. The molecule has 0 unspecified atom stereocenters. The minimum Gasteiger partial charge on any atom is -0.478 e. The number of carbonyl (C=O) groups is 3. The number of nitrogens with one attached hydrogen (secondary N) is 1. The van der Waals surface area contributed by atoms with Crippen molar-refractivity contribution < 1.29 is 24.2 Å². The van der Waals surface area contributed by atoms with Crippen LogP contribution in [0.5, 0.6) is 0 Å². The van der Waals surface area contributed by atoms with Gasteiger partial charge in [-0.15, -0.1) is 11.3 Å². The monoisotopic (exact) mass is 415 g/mol. The third kappa shape index (κ3) is 6.02. The first-order valence-corrected chi connectivity index (χ1v) is 10.2. The van der Waals surface area contributed by atoms with Gasteiger partial charge in [0.15, 0.2) is 0 Å². The highest BCUT2D eigenvalue weighted by atomic mass is 32.1. The van der Waals surface area contributed by atoms with E-state index in [1.165, 1.54) is 16.9 Å². The van der Waals surface area contributed by atoms with Crippen molar-refractivity contribution in [1.82, 2.24) is 0 Å². The molecule has 0 atom stereocenters. The van der Waals surface area contributed by atoms with Crippen molar-refractivity contribution >= 4 is 34.2 Å². The largest absolute Gasteiger partial charge is 0.478 e. The molecule has 1 aromatic heterocycles. The molecule has 29 heavy (non-hydrogen) atoms. The number of carbonyl (C=O) groups excluding carboxylic acids is 2. The van der Waals surface area contributed by atoms with Crippen molar-refractivity contribution in [3.05, 3.63) is 52.4 Å². The molecule has 1 heterocycles. The number of hydrogen-bond acceptors (Lipinski definition) is 5. The number of rotatable bonds is 8. The number of ether oxygens (including phenoxy) is 1. The zero-order valence-electron chi connectivity index (χ0n) is 16.9. The molecule has 0 radical (unpaired) electrons. The van der Waals surface area contributed by atoms with Gasteiger partial charge in [0.1, 0.15) is 10.6 Å². The summed E-state index contributed by atoms with van der Waals surface area (Å²) in [7, 11) is 0. The van der Waals surface area contributed by atoms with Crippen LogP contribution >= 0.6 is 11.3 Å². The molecule has 1 aromatic carbocycles. The molecule has 0 aliphatic heterocycles. The molecule has 2 rings (SSSR count). The van der Waals surface area contributed by atoms with E-state index < -0.39 is 17.8 Å². The number of benzene rings is 1. The fourth-order valence-corrected chi connectivity index (χ4v) is 4.03. The van der Waals surface area contributed by atoms with Gasteiger partial charge in [0.25, 0.3) is 0 Å². The minimum absolute atomic E-state index is 0.201. The SMILES string of the molecule is CCOC(=O)c1c(NC(=O)C=CC(=O)O)sc(C)c1-c1ccc(CC(C)C)cc1. The van der Waals surface area contributed by atoms with Crippen molar-refractivity contribution in [2.75, 3.05) is 11.9 Å². The van der Waals surface area contributed by atoms with Crippen molar-refractivity contribution in [1.29, 1.82) is 0 Å². The van der Waals surface area contributed by atoms with Gasteiger partial charge in [0, 0.05) is 22.6 Å². The molecule has 0 aliphatic carbocycles. The van der Waals surface area contributed by atoms with E-state index >= 15 is 0 Å². The molecule has 0 bridgehead atoms. The average Bonchev–Trinajstić information content (AvgIpc) is 2.96. The molecule has 0 spiro atoms. The lowest BCUT2D eigenvalue weighted by Crippen LogP contribution is -2.13. The Morgan fingerprint density at radius 2 is 1.83 bits per heavy atom. The third-order valence-electron chi connectivity index (χ3n) is 4.06. The van der Waals surface area contributed by atoms with Gasteiger partial charge < -0.3 is 15.2 Å². The van der Waals surface area contributed by atoms with E-state index in [9.17, 15) is 14.4 Å². The number of thiophene rings is 1. The molecule has 154 valence electrons. The van der Waals surface area contributed by atoms with E-state index in [4.69, 9.17) is 9.84 Å². The lowest BCUT2D eigenvalue weighted by atomic mass is 9.97.